The van der Waals surface area contributed by atoms with Crippen LogP contribution in [-0.4, -0.2) is 35.2 Å². The zero-order chi connectivity index (χ0) is 23.3. The summed E-state index contributed by atoms with van der Waals surface area (Å²) >= 11 is 0. The van der Waals surface area contributed by atoms with Crippen molar-refractivity contribution in [3.8, 4) is 17.2 Å². The van der Waals surface area contributed by atoms with Crippen LogP contribution < -0.4 is 18.5 Å². The first-order valence-electron chi connectivity index (χ1n) is 9.93. The zero-order valence-corrected chi connectivity index (χ0v) is 19.2. The maximum absolute atomic E-state index is 13.8. The highest BCUT2D eigenvalue weighted by Gasteiger charge is 2.35. The second-order valence-electron chi connectivity index (χ2n) is 6.85. The van der Waals surface area contributed by atoms with Crippen LogP contribution in [0.2, 0.25) is 0 Å². The van der Waals surface area contributed by atoms with E-state index in [1.807, 2.05) is 13.8 Å². The fourth-order valence-corrected chi connectivity index (χ4v) is 4.59. The maximum Gasteiger partial charge on any atom is 0.279 e. The standard InChI is InChI=1S/C24H25NO6S/c1-5-31-19-13-11-18(12-14-19)25(32(27,28)20-15-9-17(2)10-16-20)24(26)23-21(29-3)7-6-8-22(23)30-4/h6-16H,5H2,1-4H3. The number of amides is 1. The Morgan fingerprint density at radius 2 is 1.44 bits per heavy atom. The number of benzene rings is 3. The number of carbonyl (C=O) groups excluding carboxylic acids is 1. The van der Waals surface area contributed by atoms with E-state index in [4.69, 9.17) is 14.2 Å². The topological polar surface area (TPSA) is 82.1 Å². The highest BCUT2D eigenvalue weighted by Crippen LogP contribution is 2.34. The minimum Gasteiger partial charge on any atom is -0.496 e. The molecule has 32 heavy (non-hydrogen) atoms. The van der Waals surface area contributed by atoms with Gasteiger partial charge in [-0.2, -0.15) is 4.31 Å². The number of sulfonamides is 1. The van der Waals surface area contributed by atoms with Crippen molar-refractivity contribution < 1.29 is 27.4 Å². The van der Waals surface area contributed by atoms with Gasteiger partial charge >= 0.3 is 0 Å². The predicted octanol–water partition coefficient (Wildman–Crippen LogP) is 4.45. The first kappa shape index (κ1) is 23.1. The molecule has 0 spiro atoms. The van der Waals surface area contributed by atoms with Gasteiger partial charge in [0.15, 0.2) is 0 Å². The summed E-state index contributed by atoms with van der Waals surface area (Å²) in [7, 11) is -1.45. The number of hydrogen-bond acceptors (Lipinski definition) is 6. The largest absolute Gasteiger partial charge is 0.496 e. The normalized spacial score (nSPS) is 11.0. The first-order valence-corrected chi connectivity index (χ1v) is 11.4. The molecule has 0 bridgehead atoms. The molecule has 0 aromatic heterocycles. The Balaban J connectivity index is 2.21. The van der Waals surface area contributed by atoms with Gasteiger partial charge in [-0.25, -0.2) is 8.42 Å². The van der Waals surface area contributed by atoms with E-state index in [9.17, 15) is 13.2 Å². The van der Waals surface area contributed by atoms with Gasteiger partial charge in [-0.05, 0) is 62.4 Å². The molecule has 3 aromatic rings. The molecule has 0 fully saturated rings. The molecular weight excluding hydrogens is 430 g/mol. The van der Waals surface area contributed by atoms with E-state index in [1.54, 1.807) is 42.5 Å². The van der Waals surface area contributed by atoms with Crippen molar-refractivity contribution in [2.45, 2.75) is 18.7 Å². The molecule has 3 rings (SSSR count). The van der Waals surface area contributed by atoms with Crippen molar-refractivity contribution in [3.05, 3.63) is 77.9 Å². The van der Waals surface area contributed by atoms with Crippen molar-refractivity contribution >= 4 is 21.6 Å². The average Bonchev–Trinajstić information content (AvgIpc) is 2.80. The van der Waals surface area contributed by atoms with Crippen LogP contribution in [0.3, 0.4) is 0 Å². The lowest BCUT2D eigenvalue weighted by atomic mass is 10.1. The maximum atomic E-state index is 13.8. The lowest BCUT2D eigenvalue weighted by Gasteiger charge is -2.24. The van der Waals surface area contributed by atoms with Gasteiger partial charge in [-0.15, -0.1) is 0 Å². The van der Waals surface area contributed by atoms with E-state index >= 15 is 0 Å². The summed E-state index contributed by atoms with van der Waals surface area (Å²) < 4.78 is 44.2. The minimum absolute atomic E-state index is 0.00192. The van der Waals surface area contributed by atoms with Gasteiger partial charge in [0.25, 0.3) is 15.9 Å². The lowest BCUT2D eigenvalue weighted by molar-refractivity contribution is 0.0999. The Labute approximate surface area is 188 Å². The molecule has 168 valence electrons. The van der Waals surface area contributed by atoms with E-state index in [1.165, 1.54) is 38.5 Å². The van der Waals surface area contributed by atoms with Crippen LogP contribution in [0.1, 0.15) is 22.8 Å². The number of methoxy groups -OCH3 is 2. The Morgan fingerprint density at radius 1 is 0.875 bits per heavy atom. The lowest BCUT2D eigenvalue weighted by Crippen LogP contribution is -2.37. The van der Waals surface area contributed by atoms with Crippen LogP contribution in [0.25, 0.3) is 0 Å². The Kier molecular flexibility index (Phi) is 7.05. The molecule has 0 aliphatic carbocycles. The molecule has 0 aliphatic heterocycles. The molecular formula is C24H25NO6S. The summed E-state index contributed by atoms with van der Waals surface area (Å²) in [5.74, 6) is 0.157. The molecule has 3 aromatic carbocycles. The van der Waals surface area contributed by atoms with Gasteiger partial charge < -0.3 is 14.2 Å². The number of rotatable bonds is 8. The Hall–Kier alpha value is -3.52. The third-order valence-electron chi connectivity index (χ3n) is 4.77. The van der Waals surface area contributed by atoms with Crippen LogP contribution in [0.15, 0.2) is 71.6 Å². The molecule has 0 heterocycles. The summed E-state index contributed by atoms with van der Waals surface area (Å²) in [6.45, 7) is 4.16. The number of hydrogen-bond donors (Lipinski definition) is 0. The van der Waals surface area contributed by atoms with Gasteiger partial charge in [0.2, 0.25) is 0 Å². The van der Waals surface area contributed by atoms with E-state index in [0.717, 1.165) is 9.87 Å². The molecule has 0 saturated heterocycles. The van der Waals surface area contributed by atoms with E-state index in [2.05, 4.69) is 0 Å². The average molecular weight is 456 g/mol. The highest BCUT2D eigenvalue weighted by atomic mass is 32.2. The van der Waals surface area contributed by atoms with Gasteiger partial charge in [0.1, 0.15) is 22.8 Å². The summed E-state index contributed by atoms with van der Waals surface area (Å²) in [6, 6.07) is 17.4. The van der Waals surface area contributed by atoms with Gasteiger partial charge in [-0.1, -0.05) is 23.8 Å². The number of carbonyl (C=O) groups is 1. The molecule has 0 radical (unpaired) electrons. The second kappa shape index (κ2) is 9.74. The van der Waals surface area contributed by atoms with Gasteiger partial charge in [-0.3, -0.25) is 4.79 Å². The molecule has 0 aliphatic rings. The van der Waals surface area contributed by atoms with Crippen molar-refractivity contribution in [1.29, 1.82) is 0 Å². The van der Waals surface area contributed by atoms with Gasteiger partial charge in [0, 0.05) is 0 Å². The minimum atomic E-state index is -4.26. The number of aryl methyl sites for hydroxylation is 1. The number of nitrogens with zero attached hydrogens (tertiary/aromatic N) is 1. The summed E-state index contributed by atoms with van der Waals surface area (Å²) in [6.07, 6.45) is 0. The van der Waals surface area contributed by atoms with Crippen LogP contribution in [0, 0.1) is 6.92 Å². The fraction of sp³-hybridized carbons (Fsp3) is 0.208. The van der Waals surface area contributed by atoms with Crippen LogP contribution >= 0.6 is 0 Å². The third-order valence-corrected chi connectivity index (χ3v) is 6.49. The Morgan fingerprint density at radius 3 is 1.94 bits per heavy atom. The fourth-order valence-electron chi connectivity index (χ4n) is 3.19. The predicted molar refractivity (Wildman–Crippen MR) is 122 cm³/mol. The number of ether oxygens (including phenoxy) is 3. The van der Waals surface area contributed by atoms with E-state index in [-0.39, 0.29) is 27.6 Å². The van der Waals surface area contributed by atoms with Crippen molar-refractivity contribution in [1.82, 2.24) is 0 Å². The SMILES string of the molecule is CCOc1ccc(N(C(=O)c2c(OC)cccc2OC)S(=O)(=O)c2ccc(C)cc2)cc1. The highest BCUT2D eigenvalue weighted by molar-refractivity contribution is 7.93. The molecule has 1 amide bonds. The third kappa shape index (κ3) is 4.55. The molecule has 7 nitrogen and oxygen atoms in total. The van der Waals surface area contributed by atoms with Crippen LogP contribution in [0.4, 0.5) is 5.69 Å². The van der Waals surface area contributed by atoms with Crippen LogP contribution in [0.5, 0.6) is 17.2 Å². The van der Waals surface area contributed by atoms with E-state index in [0.29, 0.717) is 12.4 Å². The Bertz CT molecular complexity index is 1170. The molecule has 0 saturated carbocycles. The summed E-state index contributed by atoms with van der Waals surface area (Å²) in [4.78, 5) is 13.7. The quantitative estimate of drug-likeness (QED) is 0.499. The second-order valence-corrected chi connectivity index (χ2v) is 8.64. The molecule has 8 heteroatoms. The smallest absolute Gasteiger partial charge is 0.279 e. The first-order chi connectivity index (χ1) is 15.3. The van der Waals surface area contributed by atoms with Crippen LogP contribution in [-0.2, 0) is 10.0 Å². The van der Waals surface area contributed by atoms with Gasteiger partial charge in [0.05, 0.1) is 31.4 Å². The van der Waals surface area contributed by atoms with Crippen molar-refractivity contribution in [3.63, 3.8) is 0 Å². The zero-order valence-electron chi connectivity index (χ0n) is 18.4. The van der Waals surface area contributed by atoms with Crippen molar-refractivity contribution in [2.24, 2.45) is 0 Å². The molecule has 0 N–H and O–H groups in total. The number of anilines is 1. The molecule has 0 atom stereocenters. The van der Waals surface area contributed by atoms with E-state index < -0.39 is 15.9 Å². The van der Waals surface area contributed by atoms with Crippen molar-refractivity contribution in [2.75, 3.05) is 25.1 Å². The molecule has 0 unspecified atom stereocenters. The monoisotopic (exact) mass is 455 g/mol. The summed E-state index contributed by atoms with van der Waals surface area (Å²) in [5, 5.41) is 0. The summed E-state index contributed by atoms with van der Waals surface area (Å²) in [5.41, 5.74) is 1.06.